The number of benzene rings is 2. The fourth-order valence-corrected chi connectivity index (χ4v) is 3.91. The van der Waals surface area contributed by atoms with Crippen LogP contribution in [0, 0.1) is 0 Å². The summed E-state index contributed by atoms with van der Waals surface area (Å²) in [4.78, 5) is 24.3. The van der Waals surface area contributed by atoms with Gasteiger partial charge in [0.2, 0.25) is 5.91 Å². The lowest BCUT2D eigenvalue weighted by molar-refractivity contribution is -0.133. The van der Waals surface area contributed by atoms with Gasteiger partial charge >= 0.3 is 0 Å². The van der Waals surface area contributed by atoms with E-state index in [1.165, 1.54) is 0 Å². The number of amides is 1. The van der Waals surface area contributed by atoms with Gasteiger partial charge in [-0.2, -0.15) is 0 Å². The molecule has 0 unspecified atom stereocenters. The Balaban J connectivity index is 1.64. The average molecular weight is 453 g/mol. The van der Waals surface area contributed by atoms with E-state index in [0.717, 1.165) is 34.5 Å². The van der Waals surface area contributed by atoms with Crippen LogP contribution in [-0.2, 0) is 30.8 Å². The van der Waals surface area contributed by atoms with E-state index in [9.17, 15) is 4.79 Å². The van der Waals surface area contributed by atoms with Crippen molar-refractivity contribution in [1.82, 2.24) is 19.4 Å². The Hall–Kier alpha value is -2.89. The predicted molar refractivity (Wildman–Crippen MR) is 124 cm³/mol. The minimum atomic E-state index is -0.0189. The standard InChI is InChI=1S/C24H22Cl2N4O/c1-2-23-28-21-8-3-4-9-22(21)30(23)16-24(31)29(15-18-7-5-6-12-27-18)14-17-10-11-19(25)20(26)13-17/h3-13H,2,14-16H2,1H3. The molecule has 0 saturated carbocycles. The Morgan fingerprint density at radius 3 is 2.55 bits per heavy atom. The highest BCUT2D eigenvalue weighted by Gasteiger charge is 2.19. The molecule has 2 heterocycles. The Morgan fingerprint density at radius 1 is 1.00 bits per heavy atom. The van der Waals surface area contributed by atoms with Gasteiger partial charge < -0.3 is 9.47 Å². The molecule has 0 fully saturated rings. The van der Waals surface area contributed by atoms with E-state index >= 15 is 0 Å². The fraction of sp³-hybridized carbons (Fsp3) is 0.208. The number of fused-ring (bicyclic) bond motifs is 1. The first-order chi connectivity index (χ1) is 15.0. The third-order valence-electron chi connectivity index (χ3n) is 5.13. The number of hydrogen-bond donors (Lipinski definition) is 0. The third kappa shape index (κ3) is 4.89. The van der Waals surface area contributed by atoms with Crippen LogP contribution in [0.3, 0.4) is 0 Å². The molecule has 7 heteroatoms. The van der Waals surface area contributed by atoms with Crippen molar-refractivity contribution in [2.45, 2.75) is 33.0 Å². The Bertz CT molecular complexity index is 1210. The first-order valence-electron chi connectivity index (χ1n) is 10.1. The molecule has 0 aliphatic heterocycles. The van der Waals surface area contributed by atoms with Crippen LogP contribution < -0.4 is 0 Å². The normalized spacial score (nSPS) is 11.1. The second-order valence-electron chi connectivity index (χ2n) is 7.28. The first kappa shape index (κ1) is 21.3. The minimum absolute atomic E-state index is 0.0189. The monoisotopic (exact) mass is 452 g/mol. The molecule has 0 aliphatic rings. The van der Waals surface area contributed by atoms with Crippen molar-refractivity contribution in [2.24, 2.45) is 0 Å². The van der Waals surface area contributed by atoms with Gasteiger partial charge in [0.05, 0.1) is 33.3 Å². The highest BCUT2D eigenvalue weighted by molar-refractivity contribution is 6.42. The number of aromatic nitrogens is 3. The maximum Gasteiger partial charge on any atom is 0.243 e. The summed E-state index contributed by atoms with van der Waals surface area (Å²) in [7, 11) is 0. The highest BCUT2D eigenvalue weighted by atomic mass is 35.5. The van der Waals surface area contributed by atoms with Crippen LogP contribution >= 0.6 is 23.2 Å². The van der Waals surface area contributed by atoms with Crippen LogP contribution in [0.4, 0.5) is 0 Å². The zero-order valence-electron chi connectivity index (χ0n) is 17.1. The van der Waals surface area contributed by atoms with Crippen molar-refractivity contribution in [1.29, 1.82) is 0 Å². The Labute approximate surface area is 191 Å². The summed E-state index contributed by atoms with van der Waals surface area (Å²) in [6.45, 7) is 3.05. The van der Waals surface area contributed by atoms with Gasteiger partial charge in [-0.1, -0.05) is 54.4 Å². The Kier molecular flexibility index (Phi) is 6.54. The van der Waals surface area contributed by atoms with Crippen molar-refractivity contribution >= 4 is 40.1 Å². The molecule has 4 rings (SSSR count). The van der Waals surface area contributed by atoms with E-state index in [0.29, 0.717) is 23.1 Å². The SMILES string of the molecule is CCc1nc2ccccc2n1CC(=O)N(Cc1ccc(Cl)c(Cl)c1)Cc1ccccn1. The molecule has 5 nitrogen and oxygen atoms in total. The van der Waals surface area contributed by atoms with Crippen molar-refractivity contribution in [3.05, 3.63) is 94.0 Å². The lowest BCUT2D eigenvalue weighted by atomic mass is 10.2. The van der Waals surface area contributed by atoms with Crippen LogP contribution in [0.5, 0.6) is 0 Å². The summed E-state index contributed by atoms with van der Waals surface area (Å²) < 4.78 is 2.00. The summed E-state index contributed by atoms with van der Waals surface area (Å²) in [6.07, 6.45) is 2.48. The fourth-order valence-electron chi connectivity index (χ4n) is 3.58. The summed E-state index contributed by atoms with van der Waals surface area (Å²) in [5.74, 6) is 0.872. The van der Waals surface area contributed by atoms with E-state index in [4.69, 9.17) is 23.2 Å². The zero-order chi connectivity index (χ0) is 21.8. The topological polar surface area (TPSA) is 51.0 Å². The number of halogens is 2. The summed E-state index contributed by atoms with van der Waals surface area (Å²) >= 11 is 12.3. The van der Waals surface area contributed by atoms with Crippen molar-refractivity contribution < 1.29 is 4.79 Å². The van der Waals surface area contributed by atoms with Crippen molar-refractivity contribution in [3.63, 3.8) is 0 Å². The quantitative estimate of drug-likeness (QED) is 0.370. The van der Waals surface area contributed by atoms with Gasteiger partial charge in [0.1, 0.15) is 12.4 Å². The van der Waals surface area contributed by atoms with Gasteiger partial charge in [-0.15, -0.1) is 0 Å². The van der Waals surface area contributed by atoms with Crippen molar-refractivity contribution in [3.8, 4) is 0 Å². The summed E-state index contributed by atoms with van der Waals surface area (Å²) in [6, 6.07) is 19.0. The second-order valence-corrected chi connectivity index (χ2v) is 8.09. The van der Waals surface area contributed by atoms with Crippen LogP contribution in [-0.4, -0.2) is 25.3 Å². The highest BCUT2D eigenvalue weighted by Crippen LogP contribution is 2.24. The van der Waals surface area contributed by atoms with E-state index in [-0.39, 0.29) is 12.5 Å². The van der Waals surface area contributed by atoms with Gasteiger partial charge in [-0.25, -0.2) is 4.98 Å². The average Bonchev–Trinajstić information content (AvgIpc) is 3.14. The molecule has 2 aromatic heterocycles. The number of imidazole rings is 1. The molecule has 0 atom stereocenters. The number of nitrogens with zero attached hydrogens (tertiary/aromatic N) is 4. The van der Waals surface area contributed by atoms with E-state index in [1.54, 1.807) is 23.2 Å². The molecule has 1 amide bonds. The molecular formula is C24H22Cl2N4O. The summed E-state index contributed by atoms with van der Waals surface area (Å²) in [5.41, 5.74) is 3.58. The number of aryl methyl sites for hydroxylation is 1. The van der Waals surface area contributed by atoms with Gasteiger partial charge in [0.15, 0.2) is 0 Å². The Morgan fingerprint density at radius 2 is 1.81 bits per heavy atom. The smallest absolute Gasteiger partial charge is 0.243 e. The minimum Gasteiger partial charge on any atom is -0.331 e. The number of para-hydroxylation sites is 2. The van der Waals surface area contributed by atoms with Crippen LogP contribution in [0.25, 0.3) is 11.0 Å². The molecule has 0 aliphatic carbocycles. The van der Waals surface area contributed by atoms with Gasteiger partial charge in [-0.05, 0) is 42.0 Å². The molecule has 0 saturated heterocycles. The van der Waals surface area contributed by atoms with Gasteiger partial charge in [-0.3, -0.25) is 9.78 Å². The van der Waals surface area contributed by atoms with Gasteiger partial charge in [0, 0.05) is 19.2 Å². The maximum atomic E-state index is 13.5. The van der Waals surface area contributed by atoms with Crippen molar-refractivity contribution in [2.75, 3.05) is 0 Å². The van der Waals surface area contributed by atoms with E-state index in [1.807, 2.05) is 60.0 Å². The predicted octanol–water partition coefficient (Wildman–Crippen LogP) is 5.53. The summed E-state index contributed by atoms with van der Waals surface area (Å²) in [5, 5.41) is 0.962. The lowest BCUT2D eigenvalue weighted by Crippen LogP contribution is -2.33. The first-order valence-corrected chi connectivity index (χ1v) is 10.9. The second kappa shape index (κ2) is 9.50. The third-order valence-corrected chi connectivity index (χ3v) is 5.87. The molecule has 158 valence electrons. The van der Waals surface area contributed by atoms with E-state index in [2.05, 4.69) is 9.97 Å². The lowest BCUT2D eigenvalue weighted by Gasteiger charge is -2.24. The number of hydrogen-bond acceptors (Lipinski definition) is 3. The number of rotatable bonds is 7. The van der Waals surface area contributed by atoms with E-state index < -0.39 is 0 Å². The van der Waals surface area contributed by atoms with Crippen LogP contribution in [0.15, 0.2) is 66.9 Å². The molecule has 0 bridgehead atoms. The molecule has 0 N–H and O–H groups in total. The molecule has 31 heavy (non-hydrogen) atoms. The largest absolute Gasteiger partial charge is 0.331 e. The molecule has 0 spiro atoms. The van der Waals surface area contributed by atoms with Crippen LogP contribution in [0.1, 0.15) is 24.0 Å². The maximum absolute atomic E-state index is 13.5. The number of carbonyl (C=O) groups is 1. The molecule has 0 radical (unpaired) electrons. The zero-order valence-corrected chi connectivity index (χ0v) is 18.6. The number of carbonyl (C=O) groups excluding carboxylic acids is 1. The number of pyridine rings is 1. The van der Waals surface area contributed by atoms with Crippen LogP contribution in [0.2, 0.25) is 10.0 Å². The molecular weight excluding hydrogens is 431 g/mol. The van der Waals surface area contributed by atoms with Gasteiger partial charge in [0.25, 0.3) is 0 Å². The molecule has 4 aromatic rings. The molecule has 2 aromatic carbocycles.